The molecule has 2 heteroatoms. The number of benzene rings is 1. The SMILES string of the molecule is CCCCCCCN(O)CCc1ccccc1. The Labute approximate surface area is 105 Å². The molecule has 1 aromatic rings. The van der Waals surface area contributed by atoms with Gasteiger partial charge in [0.05, 0.1) is 0 Å². The maximum atomic E-state index is 9.70. The normalized spacial score (nSPS) is 11.0. The van der Waals surface area contributed by atoms with Crippen molar-refractivity contribution in [3.63, 3.8) is 0 Å². The number of hydroxylamine groups is 2. The zero-order valence-corrected chi connectivity index (χ0v) is 10.9. The van der Waals surface area contributed by atoms with Crippen LogP contribution >= 0.6 is 0 Å². The van der Waals surface area contributed by atoms with Gasteiger partial charge >= 0.3 is 0 Å². The van der Waals surface area contributed by atoms with Gasteiger partial charge in [-0.05, 0) is 18.4 Å². The van der Waals surface area contributed by atoms with E-state index < -0.39 is 0 Å². The van der Waals surface area contributed by atoms with Gasteiger partial charge in [0.25, 0.3) is 0 Å². The number of hydrogen-bond donors (Lipinski definition) is 1. The van der Waals surface area contributed by atoms with E-state index in [4.69, 9.17) is 0 Å². The Bertz CT molecular complexity index is 274. The third-order valence-corrected chi connectivity index (χ3v) is 3.02. The molecule has 96 valence electrons. The fourth-order valence-corrected chi connectivity index (χ4v) is 1.91. The fraction of sp³-hybridized carbons (Fsp3) is 0.600. The lowest BCUT2D eigenvalue weighted by atomic mass is 10.1. The molecule has 0 aliphatic carbocycles. The first-order valence-corrected chi connectivity index (χ1v) is 6.80. The summed E-state index contributed by atoms with van der Waals surface area (Å²) < 4.78 is 0. The zero-order valence-electron chi connectivity index (χ0n) is 10.9. The maximum absolute atomic E-state index is 9.70. The van der Waals surface area contributed by atoms with Crippen molar-refractivity contribution in [3.05, 3.63) is 35.9 Å². The predicted molar refractivity (Wildman–Crippen MR) is 72.3 cm³/mol. The number of nitrogens with zero attached hydrogens (tertiary/aromatic N) is 1. The van der Waals surface area contributed by atoms with Crippen molar-refractivity contribution in [1.82, 2.24) is 5.06 Å². The molecule has 0 saturated carbocycles. The van der Waals surface area contributed by atoms with Gasteiger partial charge in [-0.3, -0.25) is 0 Å². The smallest absolute Gasteiger partial charge is 0.0278 e. The van der Waals surface area contributed by atoms with E-state index in [1.807, 2.05) is 18.2 Å². The van der Waals surface area contributed by atoms with Crippen LogP contribution in [0.15, 0.2) is 30.3 Å². The lowest BCUT2D eigenvalue weighted by Crippen LogP contribution is -2.23. The second kappa shape index (κ2) is 9.20. The van der Waals surface area contributed by atoms with Gasteiger partial charge in [-0.1, -0.05) is 62.9 Å². The molecule has 0 radical (unpaired) electrons. The van der Waals surface area contributed by atoms with Crippen LogP contribution in [0, 0.1) is 0 Å². The van der Waals surface area contributed by atoms with Crippen LogP contribution in [0.3, 0.4) is 0 Å². The van der Waals surface area contributed by atoms with Gasteiger partial charge < -0.3 is 5.21 Å². The minimum absolute atomic E-state index is 0.734. The Morgan fingerprint density at radius 2 is 1.65 bits per heavy atom. The first-order chi connectivity index (χ1) is 8.33. The standard InChI is InChI=1S/C15H25NO/c1-2-3-4-5-9-13-16(17)14-12-15-10-7-6-8-11-15/h6-8,10-11,17H,2-5,9,12-14H2,1H3. The molecule has 0 atom stereocenters. The van der Waals surface area contributed by atoms with Crippen LogP contribution in [0.4, 0.5) is 0 Å². The van der Waals surface area contributed by atoms with E-state index in [0.29, 0.717) is 0 Å². The van der Waals surface area contributed by atoms with Gasteiger partial charge in [-0.25, -0.2) is 0 Å². The zero-order chi connectivity index (χ0) is 12.3. The third-order valence-electron chi connectivity index (χ3n) is 3.02. The molecule has 0 fully saturated rings. The number of unbranched alkanes of at least 4 members (excludes halogenated alkanes) is 4. The van der Waals surface area contributed by atoms with Gasteiger partial charge in [-0.2, -0.15) is 5.06 Å². The third kappa shape index (κ3) is 7.14. The van der Waals surface area contributed by atoms with Crippen LogP contribution in [0.1, 0.15) is 44.6 Å². The summed E-state index contributed by atoms with van der Waals surface area (Å²) >= 11 is 0. The van der Waals surface area contributed by atoms with Crippen LogP contribution in [0.25, 0.3) is 0 Å². The van der Waals surface area contributed by atoms with Crippen molar-refractivity contribution in [3.8, 4) is 0 Å². The van der Waals surface area contributed by atoms with Crippen molar-refractivity contribution < 1.29 is 5.21 Å². The summed E-state index contributed by atoms with van der Waals surface area (Å²) in [5, 5.41) is 11.2. The van der Waals surface area contributed by atoms with E-state index in [0.717, 1.165) is 25.9 Å². The summed E-state index contributed by atoms with van der Waals surface area (Å²) in [5.41, 5.74) is 1.29. The first kappa shape index (κ1) is 14.2. The van der Waals surface area contributed by atoms with Gasteiger partial charge in [0.2, 0.25) is 0 Å². The average molecular weight is 235 g/mol. The molecule has 1 N–H and O–H groups in total. The van der Waals surface area contributed by atoms with Gasteiger partial charge in [-0.15, -0.1) is 0 Å². The molecule has 0 saturated heterocycles. The van der Waals surface area contributed by atoms with Crippen molar-refractivity contribution >= 4 is 0 Å². The highest BCUT2D eigenvalue weighted by Gasteiger charge is 2.00. The lowest BCUT2D eigenvalue weighted by molar-refractivity contribution is -0.0905. The van der Waals surface area contributed by atoms with E-state index in [-0.39, 0.29) is 0 Å². The molecular weight excluding hydrogens is 210 g/mol. The number of hydrogen-bond acceptors (Lipinski definition) is 2. The molecule has 0 amide bonds. The highest BCUT2D eigenvalue weighted by molar-refractivity contribution is 5.14. The van der Waals surface area contributed by atoms with Crippen LogP contribution in [0.5, 0.6) is 0 Å². The maximum Gasteiger partial charge on any atom is 0.0278 e. The van der Waals surface area contributed by atoms with Gasteiger partial charge in [0, 0.05) is 13.1 Å². The molecule has 0 aliphatic rings. The second-order valence-electron chi connectivity index (χ2n) is 4.60. The molecule has 0 aliphatic heterocycles. The van der Waals surface area contributed by atoms with E-state index in [2.05, 4.69) is 19.1 Å². The van der Waals surface area contributed by atoms with Crippen molar-refractivity contribution in [2.75, 3.05) is 13.1 Å². The van der Waals surface area contributed by atoms with Gasteiger partial charge in [0.15, 0.2) is 0 Å². The van der Waals surface area contributed by atoms with Crippen LogP contribution in [-0.4, -0.2) is 23.4 Å². The minimum Gasteiger partial charge on any atom is -0.314 e. The summed E-state index contributed by atoms with van der Waals surface area (Å²) in [6.07, 6.45) is 7.14. The molecule has 0 heterocycles. The highest BCUT2D eigenvalue weighted by Crippen LogP contribution is 2.04. The van der Waals surface area contributed by atoms with Crippen molar-refractivity contribution in [2.24, 2.45) is 0 Å². The monoisotopic (exact) mass is 235 g/mol. The highest BCUT2D eigenvalue weighted by atomic mass is 16.5. The van der Waals surface area contributed by atoms with Crippen LogP contribution in [0.2, 0.25) is 0 Å². The Balaban J connectivity index is 2.03. The largest absolute Gasteiger partial charge is 0.314 e. The number of rotatable bonds is 9. The molecule has 0 spiro atoms. The Morgan fingerprint density at radius 1 is 0.941 bits per heavy atom. The minimum atomic E-state index is 0.734. The van der Waals surface area contributed by atoms with E-state index >= 15 is 0 Å². The second-order valence-corrected chi connectivity index (χ2v) is 4.60. The molecule has 0 bridgehead atoms. The molecule has 0 aromatic heterocycles. The Kier molecular flexibility index (Phi) is 7.69. The topological polar surface area (TPSA) is 23.5 Å². The van der Waals surface area contributed by atoms with E-state index in [9.17, 15) is 5.21 Å². The first-order valence-electron chi connectivity index (χ1n) is 6.80. The van der Waals surface area contributed by atoms with Crippen molar-refractivity contribution in [2.45, 2.75) is 45.4 Å². The predicted octanol–water partition coefficient (Wildman–Crippen LogP) is 3.89. The van der Waals surface area contributed by atoms with Crippen LogP contribution in [-0.2, 0) is 6.42 Å². The Hall–Kier alpha value is -0.860. The van der Waals surface area contributed by atoms with E-state index in [1.165, 1.54) is 36.3 Å². The quantitative estimate of drug-likeness (QED) is 0.518. The van der Waals surface area contributed by atoms with E-state index in [1.54, 1.807) is 0 Å². The molecule has 17 heavy (non-hydrogen) atoms. The molecule has 1 aromatic carbocycles. The summed E-state index contributed by atoms with van der Waals surface area (Å²) in [5.74, 6) is 0. The molecule has 1 rings (SSSR count). The molecule has 2 nitrogen and oxygen atoms in total. The van der Waals surface area contributed by atoms with Crippen LogP contribution < -0.4 is 0 Å². The van der Waals surface area contributed by atoms with Gasteiger partial charge in [0.1, 0.15) is 0 Å². The molecular formula is C15H25NO. The average Bonchev–Trinajstić information content (AvgIpc) is 2.37. The summed E-state index contributed by atoms with van der Waals surface area (Å²) in [6, 6.07) is 10.3. The van der Waals surface area contributed by atoms with Crippen molar-refractivity contribution in [1.29, 1.82) is 0 Å². The summed E-state index contributed by atoms with van der Waals surface area (Å²) in [7, 11) is 0. The fourth-order valence-electron chi connectivity index (χ4n) is 1.91. The lowest BCUT2D eigenvalue weighted by Gasteiger charge is -2.14. The molecule has 0 unspecified atom stereocenters. The summed E-state index contributed by atoms with van der Waals surface area (Å²) in [6.45, 7) is 3.76. The Morgan fingerprint density at radius 3 is 2.35 bits per heavy atom. The summed E-state index contributed by atoms with van der Waals surface area (Å²) in [4.78, 5) is 0.